The van der Waals surface area contributed by atoms with Crippen molar-refractivity contribution >= 4 is 28.9 Å². The number of rotatable bonds is 7. The molecular weight excluding hydrogens is 280 g/mol. The first-order chi connectivity index (χ1) is 9.40. The van der Waals surface area contributed by atoms with E-state index in [1.807, 2.05) is 13.2 Å². The van der Waals surface area contributed by atoms with Gasteiger partial charge in [-0.3, -0.25) is 14.9 Å². The smallest absolute Gasteiger partial charge is 0.270 e. The second kappa shape index (κ2) is 7.25. The third-order valence-electron chi connectivity index (χ3n) is 3.02. The molecule has 0 saturated heterocycles. The van der Waals surface area contributed by atoms with Crippen molar-refractivity contribution in [1.29, 1.82) is 0 Å². The van der Waals surface area contributed by atoms with E-state index < -0.39 is 4.92 Å². The predicted octanol–water partition coefficient (Wildman–Crippen LogP) is 2.32. The molecule has 0 saturated carbocycles. The van der Waals surface area contributed by atoms with E-state index in [2.05, 4.69) is 5.32 Å². The van der Waals surface area contributed by atoms with Crippen LogP contribution in [0.1, 0.15) is 24.2 Å². The van der Waals surface area contributed by atoms with Crippen LogP contribution < -0.4 is 5.32 Å². The summed E-state index contributed by atoms with van der Waals surface area (Å²) in [4.78, 5) is 21.8. The lowest BCUT2D eigenvalue weighted by Crippen LogP contribution is -2.31. The lowest BCUT2D eigenvalue weighted by atomic mass is 10.1. The van der Waals surface area contributed by atoms with Gasteiger partial charge in [-0.25, -0.2) is 0 Å². The van der Waals surface area contributed by atoms with E-state index in [1.165, 1.54) is 36.9 Å². The number of carbonyl (C=O) groups is 1. The first-order valence-corrected chi connectivity index (χ1v) is 7.39. The predicted molar refractivity (Wildman–Crippen MR) is 80.6 cm³/mol. The Bertz CT molecular complexity index is 503. The Hall–Kier alpha value is -1.60. The number of anilines is 1. The quantitative estimate of drug-likeness (QED) is 0.456. The van der Waals surface area contributed by atoms with Gasteiger partial charge in [0.15, 0.2) is 5.78 Å². The highest BCUT2D eigenvalue weighted by atomic mass is 32.2. The minimum Gasteiger partial charge on any atom is -0.395 e. The highest BCUT2D eigenvalue weighted by Crippen LogP contribution is 2.25. The maximum Gasteiger partial charge on any atom is 0.270 e. The number of aliphatic hydroxyl groups excluding tert-OH is 1. The van der Waals surface area contributed by atoms with Crippen molar-refractivity contribution < 1.29 is 14.8 Å². The summed E-state index contributed by atoms with van der Waals surface area (Å²) >= 11 is 1.51. The first kappa shape index (κ1) is 16.5. The molecule has 0 aliphatic carbocycles. The van der Waals surface area contributed by atoms with Crippen molar-refractivity contribution in [1.82, 2.24) is 0 Å². The number of hydrogen-bond donors (Lipinski definition) is 2. The molecule has 1 rings (SSSR count). The van der Waals surface area contributed by atoms with E-state index in [0.29, 0.717) is 5.69 Å². The normalized spacial score (nSPS) is 13.6. The second-order valence-corrected chi connectivity index (χ2v) is 5.51. The van der Waals surface area contributed by atoms with Crippen LogP contribution >= 0.6 is 11.8 Å². The fraction of sp³-hybridized carbons (Fsp3) is 0.462. The highest BCUT2D eigenvalue weighted by Gasteiger charge is 2.19. The van der Waals surface area contributed by atoms with Crippen LogP contribution in [0.4, 0.5) is 11.4 Å². The number of benzene rings is 1. The number of aliphatic hydroxyl groups is 1. The van der Waals surface area contributed by atoms with Crippen molar-refractivity contribution in [2.75, 3.05) is 18.2 Å². The van der Waals surface area contributed by atoms with Crippen LogP contribution in [0.2, 0.25) is 0 Å². The molecule has 7 heteroatoms. The minimum absolute atomic E-state index is 0.0116. The zero-order valence-electron chi connectivity index (χ0n) is 11.6. The number of non-ortho nitro benzene ring substituents is 1. The summed E-state index contributed by atoms with van der Waals surface area (Å²) in [6, 6.07) is 4.08. The third kappa shape index (κ3) is 3.94. The number of ketones is 1. The molecule has 20 heavy (non-hydrogen) atoms. The van der Waals surface area contributed by atoms with E-state index in [-0.39, 0.29) is 34.9 Å². The van der Waals surface area contributed by atoms with Crippen LogP contribution in [0, 0.1) is 10.1 Å². The molecule has 0 unspecified atom stereocenters. The standard InChI is InChI=1S/C13H18N2O4S/c1-8(13(7-16)20-3)14-12-5-4-10(15(18)19)6-11(12)9(2)17/h4-6,8,13-14,16H,7H2,1-3H3/t8-,13+/m1/s1. The molecule has 0 heterocycles. The van der Waals surface area contributed by atoms with Gasteiger partial charge in [0, 0.05) is 34.7 Å². The molecule has 0 aromatic heterocycles. The molecule has 2 atom stereocenters. The van der Waals surface area contributed by atoms with Crippen LogP contribution in [0.25, 0.3) is 0 Å². The first-order valence-electron chi connectivity index (χ1n) is 6.10. The largest absolute Gasteiger partial charge is 0.395 e. The fourth-order valence-corrected chi connectivity index (χ4v) is 2.46. The van der Waals surface area contributed by atoms with Crippen LogP contribution in [-0.2, 0) is 0 Å². The van der Waals surface area contributed by atoms with E-state index in [0.717, 1.165) is 0 Å². The maximum absolute atomic E-state index is 11.6. The van der Waals surface area contributed by atoms with Crippen LogP contribution in [0.15, 0.2) is 18.2 Å². The van der Waals surface area contributed by atoms with Gasteiger partial charge in [0.25, 0.3) is 5.69 Å². The average molecular weight is 298 g/mol. The molecular formula is C13H18N2O4S. The van der Waals surface area contributed by atoms with Crippen LogP contribution in [0.5, 0.6) is 0 Å². The zero-order chi connectivity index (χ0) is 15.3. The zero-order valence-corrected chi connectivity index (χ0v) is 12.4. The number of nitrogens with one attached hydrogen (secondary N) is 1. The molecule has 0 bridgehead atoms. The molecule has 0 radical (unpaired) electrons. The number of Topliss-reactive ketones (excluding diaryl/α,β-unsaturated/α-hetero) is 1. The molecule has 6 nitrogen and oxygen atoms in total. The Morgan fingerprint density at radius 3 is 2.65 bits per heavy atom. The number of nitro groups is 1. The Morgan fingerprint density at radius 2 is 2.20 bits per heavy atom. The van der Waals surface area contributed by atoms with Gasteiger partial charge in [0.2, 0.25) is 0 Å². The van der Waals surface area contributed by atoms with Crippen molar-refractivity contribution in [3.8, 4) is 0 Å². The van der Waals surface area contributed by atoms with Crippen molar-refractivity contribution in [3.63, 3.8) is 0 Å². The molecule has 1 aromatic carbocycles. The number of thioether (sulfide) groups is 1. The summed E-state index contributed by atoms with van der Waals surface area (Å²) in [5, 5.41) is 23.1. The van der Waals surface area contributed by atoms with Gasteiger partial charge < -0.3 is 10.4 Å². The minimum atomic E-state index is -0.530. The Balaban J connectivity index is 3.06. The van der Waals surface area contributed by atoms with Gasteiger partial charge in [0.05, 0.1) is 11.5 Å². The molecule has 0 spiro atoms. The van der Waals surface area contributed by atoms with Gasteiger partial charge in [-0.2, -0.15) is 11.8 Å². The molecule has 0 amide bonds. The van der Waals surface area contributed by atoms with Crippen LogP contribution in [-0.4, -0.2) is 40.0 Å². The summed E-state index contributed by atoms with van der Waals surface area (Å²) in [7, 11) is 0. The molecule has 0 aliphatic heterocycles. The summed E-state index contributed by atoms with van der Waals surface area (Å²) < 4.78 is 0. The number of hydrogen-bond acceptors (Lipinski definition) is 6. The van der Waals surface area contributed by atoms with Crippen LogP contribution in [0.3, 0.4) is 0 Å². The topological polar surface area (TPSA) is 92.5 Å². The Morgan fingerprint density at radius 1 is 1.55 bits per heavy atom. The summed E-state index contributed by atoms with van der Waals surface area (Å²) in [5.41, 5.74) is 0.712. The number of nitro benzene ring substituents is 1. The SMILES string of the molecule is CS[C@@H](CO)[C@@H](C)Nc1ccc([N+](=O)[O-])cc1C(C)=O. The maximum atomic E-state index is 11.6. The molecule has 110 valence electrons. The van der Waals surface area contributed by atoms with Gasteiger partial charge in [0.1, 0.15) is 0 Å². The second-order valence-electron chi connectivity index (χ2n) is 4.43. The summed E-state index contributed by atoms with van der Waals surface area (Å²) in [6.45, 7) is 3.27. The fourth-order valence-electron chi connectivity index (χ4n) is 1.84. The average Bonchev–Trinajstić information content (AvgIpc) is 2.39. The van der Waals surface area contributed by atoms with E-state index in [4.69, 9.17) is 0 Å². The van der Waals surface area contributed by atoms with Crippen molar-refractivity contribution in [2.45, 2.75) is 25.1 Å². The van der Waals surface area contributed by atoms with Gasteiger partial charge in [-0.15, -0.1) is 0 Å². The van der Waals surface area contributed by atoms with Crippen molar-refractivity contribution in [2.24, 2.45) is 0 Å². The molecule has 0 fully saturated rings. The molecule has 2 N–H and O–H groups in total. The Labute approximate surface area is 121 Å². The van der Waals surface area contributed by atoms with E-state index in [9.17, 15) is 20.0 Å². The van der Waals surface area contributed by atoms with E-state index >= 15 is 0 Å². The van der Waals surface area contributed by atoms with Crippen molar-refractivity contribution in [3.05, 3.63) is 33.9 Å². The van der Waals surface area contributed by atoms with Gasteiger partial charge in [-0.1, -0.05) is 0 Å². The summed E-state index contributed by atoms with van der Waals surface area (Å²) in [5.74, 6) is -0.242. The monoisotopic (exact) mass is 298 g/mol. The third-order valence-corrected chi connectivity index (χ3v) is 4.18. The van der Waals surface area contributed by atoms with E-state index in [1.54, 1.807) is 0 Å². The number of carbonyl (C=O) groups excluding carboxylic acids is 1. The lowest BCUT2D eigenvalue weighted by Gasteiger charge is -2.23. The summed E-state index contributed by atoms with van der Waals surface area (Å²) in [6.07, 6.45) is 1.89. The lowest BCUT2D eigenvalue weighted by molar-refractivity contribution is -0.384. The van der Waals surface area contributed by atoms with Gasteiger partial charge in [-0.05, 0) is 26.2 Å². The van der Waals surface area contributed by atoms with Gasteiger partial charge >= 0.3 is 0 Å². The Kier molecular flexibility index (Phi) is 5.97. The highest BCUT2D eigenvalue weighted by molar-refractivity contribution is 7.99. The molecule has 0 aliphatic rings. The molecule has 1 aromatic rings. The number of nitrogens with zero attached hydrogens (tertiary/aromatic N) is 1.